The molecule has 4 heteroatoms. The first-order chi connectivity index (χ1) is 8.36. The van der Waals surface area contributed by atoms with Crippen molar-refractivity contribution in [2.24, 2.45) is 0 Å². The van der Waals surface area contributed by atoms with Crippen LogP contribution in [0.1, 0.15) is 35.0 Å². The lowest BCUT2D eigenvalue weighted by Gasteiger charge is -2.23. The molecule has 0 unspecified atom stereocenters. The Balaban J connectivity index is 1.85. The van der Waals surface area contributed by atoms with Crippen molar-refractivity contribution in [2.45, 2.75) is 18.9 Å². The van der Waals surface area contributed by atoms with Gasteiger partial charge in [0.05, 0.1) is 12.3 Å². The van der Waals surface area contributed by atoms with Crippen LogP contribution in [0.3, 0.4) is 0 Å². The molecule has 1 atom stereocenters. The summed E-state index contributed by atoms with van der Waals surface area (Å²) in [7, 11) is 0. The van der Waals surface area contributed by atoms with Gasteiger partial charge in [-0.15, -0.1) is 0 Å². The Morgan fingerprint density at radius 2 is 2.41 bits per heavy atom. The molecule has 88 valence electrons. The summed E-state index contributed by atoms with van der Waals surface area (Å²) in [5, 5.41) is 4.18. The van der Waals surface area contributed by atoms with Crippen molar-refractivity contribution in [3.63, 3.8) is 0 Å². The Kier molecular flexibility index (Phi) is 2.73. The zero-order valence-corrected chi connectivity index (χ0v) is 10.2. The van der Waals surface area contributed by atoms with Gasteiger partial charge in [-0.25, -0.2) is 0 Å². The van der Waals surface area contributed by atoms with Crippen molar-refractivity contribution < 1.29 is 9.21 Å². The predicted molar refractivity (Wildman–Crippen MR) is 66.0 cm³/mol. The normalized spacial score (nSPS) is 19.8. The lowest BCUT2D eigenvalue weighted by Crippen LogP contribution is -2.30. The smallest absolute Gasteiger partial charge is 0.290 e. The monoisotopic (exact) mass is 247 g/mol. The second kappa shape index (κ2) is 4.37. The Morgan fingerprint density at radius 3 is 3.12 bits per heavy atom. The Morgan fingerprint density at radius 1 is 1.47 bits per heavy atom. The standard InChI is InChI=1S/C13H13NO2S/c15-13(12-4-2-7-16-12)14-6-1-3-11(14)10-5-8-17-9-10/h2,4-5,7-9,11H,1,3,6H2/t11-/m1/s1. The number of carbonyl (C=O) groups is 1. The SMILES string of the molecule is O=C(c1ccco1)N1CCC[C@@H]1c1ccsc1. The fourth-order valence-corrected chi connectivity index (χ4v) is 3.07. The molecule has 1 fully saturated rings. The van der Waals surface area contributed by atoms with E-state index in [-0.39, 0.29) is 11.9 Å². The Bertz CT molecular complexity index is 489. The first kappa shape index (κ1) is 10.6. The Labute approximate surface area is 104 Å². The molecule has 1 amide bonds. The van der Waals surface area contributed by atoms with E-state index in [0.717, 1.165) is 19.4 Å². The van der Waals surface area contributed by atoms with Crippen molar-refractivity contribution in [1.29, 1.82) is 0 Å². The summed E-state index contributed by atoms with van der Waals surface area (Å²) in [6.07, 6.45) is 3.65. The summed E-state index contributed by atoms with van der Waals surface area (Å²) >= 11 is 1.68. The number of rotatable bonds is 2. The molecule has 0 saturated carbocycles. The lowest BCUT2D eigenvalue weighted by atomic mass is 10.1. The van der Waals surface area contributed by atoms with E-state index < -0.39 is 0 Å². The predicted octanol–water partition coefficient (Wildman–Crippen LogP) is 3.32. The van der Waals surface area contributed by atoms with Crippen LogP contribution in [0.15, 0.2) is 39.6 Å². The van der Waals surface area contributed by atoms with E-state index in [1.54, 1.807) is 29.7 Å². The number of amides is 1. The molecule has 0 bridgehead atoms. The third-order valence-corrected chi connectivity index (χ3v) is 3.88. The molecule has 1 aliphatic rings. The molecule has 17 heavy (non-hydrogen) atoms. The van der Waals surface area contributed by atoms with Crippen molar-refractivity contribution in [2.75, 3.05) is 6.54 Å². The maximum atomic E-state index is 12.2. The van der Waals surface area contributed by atoms with Crippen LogP contribution in [0, 0.1) is 0 Å². The highest BCUT2D eigenvalue weighted by molar-refractivity contribution is 7.07. The third kappa shape index (κ3) is 1.89. The molecule has 3 rings (SSSR count). The summed E-state index contributed by atoms with van der Waals surface area (Å²) in [6, 6.07) is 5.80. The van der Waals surface area contributed by atoms with Crippen LogP contribution >= 0.6 is 11.3 Å². The van der Waals surface area contributed by atoms with Crippen molar-refractivity contribution >= 4 is 17.2 Å². The van der Waals surface area contributed by atoms with Gasteiger partial charge in [0.15, 0.2) is 5.76 Å². The van der Waals surface area contributed by atoms with Gasteiger partial charge < -0.3 is 9.32 Å². The van der Waals surface area contributed by atoms with E-state index >= 15 is 0 Å². The van der Waals surface area contributed by atoms with Gasteiger partial charge in [-0.2, -0.15) is 11.3 Å². The van der Waals surface area contributed by atoms with Gasteiger partial charge in [0.2, 0.25) is 0 Å². The van der Waals surface area contributed by atoms with Crippen molar-refractivity contribution in [3.05, 3.63) is 46.5 Å². The minimum absolute atomic E-state index is 0.00343. The van der Waals surface area contributed by atoms with E-state index in [1.165, 1.54) is 5.56 Å². The molecular formula is C13H13NO2S. The maximum Gasteiger partial charge on any atom is 0.290 e. The average Bonchev–Trinajstić information content (AvgIpc) is 3.09. The number of likely N-dealkylation sites (tertiary alicyclic amines) is 1. The zero-order chi connectivity index (χ0) is 11.7. The van der Waals surface area contributed by atoms with Gasteiger partial charge in [0.25, 0.3) is 5.91 Å². The highest BCUT2D eigenvalue weighted by Gasteiger charge is 2.31. The van der Waals surface area contributed by atoms with Gasteiger partial charge in [0, 0.05) is 6.54 Å². The quantitative estimate of drug-likeness (QED) is 0.815. The summed E-state index contributed by atoms with van der Waals surface area (Å²) in [6.45, 7) is 0.819. The molecule has 3 heterocycles. The van der Waals surface area contributed by atoms with Gasteiger partial charge in [-0.1, -0.05) is 0 Å². The van der Waals surface area contributed by atoms with Gasteiger partial charge in [0.1, 0.15) is 0 Å². The van der Waals surface area contributed by atoms with Crippen LogP contribution in [0.4, 0.5) is 0 Å². The molecule has 1 aliphatic heterocycles. The van der Waals surface area contributed by atoms with E-state index in [4.69, 9.17) is 4.42 Å². The molecule has 0 aliphatic carbocycles. The molecule has 0 radical (unpaired) electrons. The maximum absolute atomic E-state index is 12.2. The third-order valence-electron chi connectivity index (χ3n) is 3.17. The summed E-state index contributed by atoms with van der Waals surface area (Å²) in [5.41, 5.74) is 1.24. The minimum atomic E-state index is 0.00343. The fourth-order valence-electron chi connectivity index (χ4n) is 2.36. The summed E-state index contributed by atoms with van der Waals surface area (Å²) < 4.78 is 5.18. The molecule has 0 aromatic carbocycles. The highest BCUT2D eigenvalue weighted by atomic mass is 32.1. The molecule has 0 spiro atoms. The van der Waals surface area contributed by atoms with Crippen LogP contribution in [-0.4, -0.2) is 17.4 Å². The van der Waals surface area contributed by atoms with E-state index in [9.17, 15) is 4.79 Å². The van der Waals surface area contributed by atoms with Crippen LogP contribution < -0.4 is 0 Å². The molecular weight excluding hydrogens is 234 g/mol. The summed E-state index contributed by atoms with van der Waals surface area (Å²) in [4.78, 5) is 14.2. The van der Waals surface area contributed by atoms with Crippen LogP contribution in [0.5, 0.6) is 0 Å². The van der Waals surface area contributed by atoms with Crippen molar-refractivity contribution in [3.8, 4) is 0 Å². The average molecular weight is 247 g/mol. The van der Waals surface area contributed by atoms with Gasteiger partial charge in [-0.3, -0.25) is 4.79 Å². The largest absolute Gasteiger partial charge is 0.459 e. The second-order valence-electron chi connectivity index (χ2n) is 4.19. The molecule has 0 N–H and O–H groups in total. The first-order valence-electron chi connectivity index (χ1n) is 5.73. The topological polar surface area (TPSA) is 33.5 Å². The van der Waals surface area contributed by atoms with Gasteiger partial charge >= 0.3 is 0 Å². The first-order valence-corrected chi connectivity index (χ1v) is 6.67. The van der Waals surface area contributed by atoms with E-state index in [2.05, 4.69) is 16.8 Å². The van der Waals surface area contributed by atoms with Gasteiger partial charge in [-0.05, 0) is 47.4 Å². The molecule has 3 nitrogen and oxygen atoms in total. The number of furan rings is 1. The van der Waals surface area contributed by atoms with E-state index in [1.807, 2.05) is 4.90 Å². The van der Waals surface area contributed by atoms with Crippen LogP contribution in [-0.2, 0) is 0 Å². The number of hydrogen-bond donors (Lipinski definition) is 0. The molecule has 2 aromatic heterocycles. The van der Waals surface area contributed by atoms with E-state index in [0.29, 0.717) is 5.76 Å². The Hall–Kier alpha value is -1.55. The van der Waals surface area contributed by atoms with Crippen LogP contribution in [0.25, 0.3) is 0 Å². The number of carbonyl (C=O) groups excluding carboxylic acids is 1. The molecule has 1 saturated heterocycles. The summed E-state index contributed by atoms with van der Waals surface area (Å²) in [5.74, 6) is 0.441. The fraction of sp³-hybridized carbons (Fsp3) is 0.308. The number of thiophene rings is 1. The zero-order valence-electron chi connectivity index (χ0n) is 9.33. The molecule has 2 aromatic rings. The minimum Gasteiger partial charge on any atom is -0.459 e. The van der Waals surface area contributed by atoms with Crippen molar-refractivity contribution in [1.82, 2.24) is 4.90 Å². The number of nitrogens with zero attached hydrogens (tertiary/aromatic N) is 1. The second-order valence-corrected chi connectivity index (χ2v) is 4.97. The van der Waals surface area contributed by atoms with Crippen LogP contribution in [0.2, 0.25) is 0 Å². The highest BCUT2D eigenvalue weighted by Crippen LogP contribution is 2.34. The number of hydrogen-bond acceptors (Lipinski definition) is 3. The lowest BCUT2D eigenvalue weighted by molar-refractivity contribution is 0.0703.